The first-order valence-corrected chi connectivity index (χ1v) is 6.55. The Kier molecular flexibility index (Phi) is 3.10. The molecule has 0 atom stereocenters. The Morgan fingerprint density at radius 1 is 1.10 bits per heavy atom. The Labute approximate surface area is 121 Å². The minimum Gasteiger partial charge on any atom is -0.457 e. The molecule has 2 aromatic carbocycles. The highest BCUT2D eigenvalue weighted by Gasteiger charge is 2.13. The van der Waals surface area contributed by atoms with Gasteiger partial charge in [-0.1, -0.05) is 0 Å². The molecule has 0 aliphatic carbocycles. The SMILES string of the molecule is Cc1cc([N+](=O)[O-])cc(C)c1Oc1ccc2[nH]ccc2c1. The Bertz CT molecular complexity index is 813. The summed E-state index contributed by atoms with van der Waals surface area (Å²) in [5.74, 6) is 1.37. The number of aromatic amines is 1. The number of nitro groups is 1. The minimum absolute atomic E-state index is 0.0819. The van der Waals surface area contributed by atoms with Gasteiger partial charge in [-0.15, -0.1) is 0 Å². The van der Waals surface area contributed by atoms with E-state index in [0.717, 1.165) is 22.0 Å². The number of hydrogen-bond acceptors (Lipinski definition) is 3. The van der Waals surface area contributed by atoms with Crippen molar-refractivity contribution in [2.45, 2.75) is 13.8 Å². The van der Waals surface area contributed by atoms with Crippen molar-refractivity contribution >= 4 is 16.6 Å². The second kappa shape index (κ2) is 4.94. The summed E-state index contributed by atoms with van der Waals surface area (Å²) in [5, 5.41) is 11.9. The molecule has 0 aliphatic heterocycles. The van der Waals surface area contributed by atoms with E-state index in [0.29, 0.717) is 11.5 Å². The van der Waals surface area contributed by atoms with Crippen LogP contribution in [0.2, 0.25) is 0 Å². The Balaban J connectivity index is 1.99. The Morgan fingerprint density at radius 3 is 2.48 bits per heavy atom. The number of benzene rings is 2. The van der Waals surface area contributed by atoms with Crippen molar-refractivity contribution in [3.8, 4) is 11.5 Å². The number of aryl methyl sites for hydroxylation is 2. The van der Waals surface area contributed by atoms with Crippen LogP contribution in [0.5, 0.6) is 11.5 Å². The van der Waals surface area contributed by atoms with E-state index in [1.54, 1.807) is 0 Å². The maximum Gasteiger partial charge on any atom is 0.270 e. The molecule has 5 heteroatoms. The van der Waals surface area contributed by atoms with Gasteiger partial charge in [0.05, 0.1) is 4.92 Å². The number of fused-ring (bicyclic) bond motifs is 1. The lowest BCUT2D eigenvalue weighted by molar-refractivity contribution is -0.385. The summed E-state index contributed by atoms with van der Waals surface area (Å²) in [6.07, 6.45) is 1.87. The van der Waals surface area contributed by atoms with Crippen molar-refractivity contribution in [3.05, 3.63) is 63.8 Å². The average molecular weight is 282 g/mol. The quantitative estimate of drug-likeness (QED) is 0.568. The highest BCUT2D eigenvalue weighted by Crippen LogP contribution is 2.33. The molecule has 0 saturated heterocycles. The van der Waals surface area contributed by atoms with Crippen molar-refractivity contribution in [2.24, 2.45) is 0 Å². The fraction of sp³-hybridized carbons (Fsp3) is 0.125. The fourth-order valence-corrected chi connectivity index (χ4v) is 2.41. The van der Waals surface area contributed by atoms with Crippen LogP contribution in [-0.4, -0.2) is 9.91 Å². The van der Waals surface area contributed by atoms with Gasteiger partial charge >= 0.3 is 0 Å². The van der Waals surface area contributed by atoms with Crippen LogP contribution in [0.3, 0.4) is 0 Å². The number of nitro benzene ring substituents is 1. The molecular formula is C16H14N2O3. The summed E-state index contributed by atoms with van der Waals surface area (Å²) in [5.41, 5.74) is 2.62. The lowest BCUT2D eigenvalue weighted by atomic mass is 10.1. The lowest BCUT2D eigenvalue weighted by Crippen LogP contribution is -1.95. The van der Waals surface area contributed by atoms with Crippen LogP contribution >= 0.6 is 0 Å². The number of rotatable bonds is 3. The molecule has 106 valence electrons. The summed E-state index contributed by atoms with van der Waals surface area (Å²) in [4.78, 5) is 13.6. The summed E-state index contributed by atoms with van der Waals surface area (Å²) < 4.78 is 5.92. The van der Waals surface area contributed by atoms with Gasteiger partial charge in [0.15, 0.2) is 0 Å². The van der Waals surface area contributed by atoms with Crippen LogP contribution in [0.15, 0.2) is 42.6 Å². The van der Waals surface area contributed by atoms with E-state index in [1.165, 1.54) is 12.1 Å². The summed E-state index contributed by atoms with van der Waals surface area (Å²) in [6.45, 7) is 3.62. The number of ether oxygens (including phenoxy) is 1. The maximum absolute atomic E-state index is 10.9. The molecule has 3 rings (SSSR count). The second-order valence-corrected chi connectivity index (χ2v) is 4.99. The highest BCUT2D eigenvalue weighted by molar-refractivity contribution is 5.80. The zero-order valence-corrected chi connectivity index (χ0v) is 11.7. The number of nitrogens with one attached hydrogen (secondary N) is 1. The third kappa shape index (κ3) is 2.45. The molecule has 1 N–H and O–H groups in total. The van der Waals surface area contributed by atoms with Gasteiger partial charge in [-0.2, -0.15) is 0 Å². The first kappa shape index (κ1) is 13.2. The molecule has 21 heavy (non-hydrogen) atoms. The molecule has 0 aliphatic rings. The summed E-state index contributed by atoms with van der Waals surface area (Å²) in [7, 11) is 0. The topological polar surface area (TPSA) is 68.2 Å². The third-order valence-electron chi connectivity index (χ3n) is 3.40. The first-order chi connectivity index (χ1) is 10.0. The van der Waals surface area contributed by atoms with Crippen LogP contribution in [-0.2, 0) is 0 Å². The molecule has 5 nitrogen and oxygen atoms in total. The van der Waals surface area contributed by atoms with Crippen molar-refractivity contribution in [1.29, 1.82) is 0 Å². The van der Waals surface area contributed by atoms with Gasteiger partial charge < -0.3 is 9.72 Å². The van der Waals surface area contributed by atoms with E-state index in [4.69, 9.17) is 4.74 Å². The molecule has 0 amide bonds. The molecule has 0 fully saturated rings. The van der Waals surface area contributed by atoms with Gasteiger partial charge in [0, 0.05) is 29.2 Å². The average Bonchev–Trinajstić information content (AvgIpc) is 2.90. The Hall–Kier alpha value is -2.82. The second-order valence-electron chi connectivity index (χ2n) is 4.99. The molecule has 0 radical (unpaired) electrons. The van der Waals surface area contributed by atoms with E-state index in [1.807, 2.05) is 44.3 Å². The van der Waals surface area contributed by atoms with Gasteiger partial charge in [0.25, 0.3) is 5.69 Å². The molecule has 0 bridgehead atoms. The number of nitrogens with zero attached hydrogens (tertiary/aromatic N) is 1. The zero-order chi connectivity index (χ0) is 15.0. The molecule has 0 saturated carbocycles. The largest absolute Gasteiger partial charge is 0.457 e. The minimum atomic E-state index is -0.393. The normalized spacial score (nSPS) is 10.8. The number of H-pyrrole nitrogens is 1. The van der Waals surface area contributed by atoms with E-state index >= 15 is 0 Å². The van der Waals surface area contributed by atoms with Crippen LogP contribution in [0.4, 0.5) is 5.69 Å². The zero-order valence-electron chi connectivity index (χ0n) is 11.7. The third-order valence-corrected chi connectivity index (χ3v) is 3.40. The first-order valence-electron chi connectivity index (χ1n) is 6.55. The van der Waals surface area contributed by atoms with Crippen LogP contribution in [0.25, 0.3) is 10.9 Å². The van der Waals surface area contributed by atoms with Crippen molar-refractivity contribution in [1.82, 2.24) is 4.98 Å². The molecule has 1 aromatic heterocycles. The van der Waals surface area contributed by atoms with Crippen molar-refractivity contribution < 1.29 is 9.66 Å². The van der Waals surface area contributed by atoms with Crippen LogP contribution < -0.4 is 4.74 Å². The number of hydrogen-bond donors (Lipinski definition) is 1. The van der Waals surface area contributed by atoms with Crippen LogP contribution in [0, 0.1) is 24.0 Å². The predicted octanol–water partition coefficient (Wildman–Crippen LogP) is 4.49. The van der Waals surface area contributed by atoms with Gasteiger partial charge in [-0.05, 0) is 49.2 Å². The highest BCUT2D eigenvalue weighted by atomic mass is 16.6. The molecule has 1 heterocycles. The molecule has 3 aromatic rings. The molecular weight excluding hydrogens is 268 g/mol. The predicted molar refractivity (Wildman–Crippen MR) is 80.9 cm³/mol. The van der Waals surface area contributed by atoms with Crippen molar-refractivity contribution in [3.63, 3.8) is 0 Å². The lowest BCUT2D eigenvalue weighted by Gasteiger charge is -2.11. The van der Waals surface area contributed by atoms with E-state index < -0.39 is 4.92 Å². The van der Waals surface area contributed by atoms with Crippen LogP contribution in [0.1, 0.15) is 11.1 Å². The maximum atomic E-state index is 10.9. The van der Waals surface area contributed by atoms with Gasteiger partial charge in [-0.25, -0.2) is 0 Å². The standard InChI is InChI=1S/C16H14N2O3/c1-10-7-13(18(19)20)8-11(2)16(10)21-14-3-4-15-12(9-14)5-6-17-15/h3-9,17H,1-2H3. The smallest absolute Gasteiger partial charge is 0.270 e. The van der Waals surface area contributed by atoms with Gasteiger partial charge in [-0.3, -0.25) is 10.1 Å². The Morgan fingerprint density at radius 2 is 1.81 bits per heavy atom. The van der Waals surface area contributed by atoms with Gasteiger partial charge in [0.1, 0.15) is 11.5 Å². The summed E-state index contributed by atoms with van der Waals surface area (Å²) >= 11 is 0. The van der Waals surface area contributed by atoms with Gasteiger partial charge in [0.2, 0.25) is 0 Å². The van der Waals surface area contributed by atoms with Crippen molar-refractivity contribution in [2.75, 3.05) is 0 Å². The fourth-order valence-electron chi connectivity index (χ4n) is 2.41. The molecule has 0 spiro atoms. The summed E-state index contributed by atoms with van der Waals surface area (Å²) in [6, 6.07) is 10.8. The molecule has 0 unspecified atom stereocenters. The van der Waals surface area contributed by atoms with E-state index in [-0.39, 0.29) is 5.69 Å². The monoisotopic (exact) mass is 282 g/mol. The number of non-ortho nitro benzene ring substituents is 1. The van der Waals surface area contributed by atoms with E-state index in [9.17, 15) is 10.1 Å². The van der Waals surface area contributed by atoms with E-state index in [2.05, 4.69) is 4.98 Å². The number of aromatic nitrogens is 1.